The van der Waals surface area contributed by atoms with Gasteiger partial charge in [-0.3, -0.25) is 9.69 Å². The Hall–Kier alpha value is -1.42. The van der Waals surface area contributed by atoms with Gasteiger partial charge in [-0.05, 0) is 44.0 Å². The van der Waals surface area contributed by atoms with Gasteiger partial charge in [0.15, 0.2) is 0 Å². The lowest BCUT2D eigenvalue weighted by molar-refractivity contribution is -0.129. The van der Waals surface area contributed by atoms with Crippen molar-refractivity contribution in [2.45, 2.75) is 33.2 Å². The van der Waals surface area contributed by atoms with Crippen molar-refractivity contribution in [1.82, 2.24) is 10.2 Å². The van der Waals surface area contributed by atoms with Gasteiger partial charge in [0.1, 0.15) is 5.82 Å². The molecule has 1 atom stereocenters. The normalized spacial score (nSPS) is 22.9. The highest BCUT2D eigenvalue weighted by atomic mass is 19.1. The van der Waals surface area contributed by atoms with E-state index in [1.807, 2.05) is 19.9 Å². The monoisotopic (exact) mass is 278 g/mol. The highest BCUT2D eigenvalue weighted by Gasteiger charge is 2.39. The van der Waals surface area contributed by atoms with Gasteiger partial charge in [-0.15, -0.1) is 0 Å². The summed E-state index contributed by atoms with van der Waals surface area (Å²) in [6.45, 7) is 7.12. The molecule has 3 nitrogen and oxygen atoms in total. The summed E-state index contributed by atoms with van der Waals surface area (Å²) >= 11 is 0. The second-order valence-corrected chi connectivity index (χ2v) is 5.91. The predicted molar refractivity (Wildman–Crippen MR) is 77.7 cm³/mol. The molecule has 0 aliphatic carbocycles. The van der Waals surface area contributed by atoms with Gasteiger partial charge >= 0.3 is 0 Å². The van der Waals surface area contributed by atoms with Gasteiger partial charge in [0.2, 0.25) is 5.91 Å². The first-order valence-electron chi connectivity index (χ1n) is 7.28. The van der Waals surface area contributed by atoms with Crippen LogP contribution in [0.15, 0.2) is 24.3 Å². The number of benzene rings is 1. The van der Waals surface area contributed by atoms with E-state index in [9.17, 15) is 9.18 Å². The van der Waals surface area contributed by atoms with E-state index in [-0.39, 0.29) is 17.1 Å². The van der Waals surface area contributed by atoms with E-state index in [2.05, 4.69) is 10.2 Å². The molecule has 1 amide bonds. The lowest BCUT2D eigenvalue weighted by Gasteiger charge is -2.23. The molecule has 2 rings (SSSR count). The molecule has 0 radical (unpaired) electrons. The number of carbonyl (C=O) groups is 1. The van der Waals surface area contributed by atoms with Crippen LogP contribution in [0.4, 0.5) is 4.39 Å². The number of halogens is 1. The van der Waals surface area contributed by atoms with Crippen molar-refractivity contribution in [2.75, 3.05) is 19.6 Å². The SMILES string of the molecule is CCCNC(=O)C1(C)CCN(Cc2cccc(F)c2)C1. The van der Waals surface area contributed by atoms with Crippen LogP contribution in [0, 0.1) is 11.2 Å². The van der Waals surface area contributed by atoms with Crippen molar-refractivity contribution in [3.8, 4) is 0 Å². The molecule has 1 aromatic carbocycles. The lowest BCUT2D eigenvalue weighted by Crippen LogP contribution is -2.41. The molecule has 4 heteroatoms. The number of carbonyl (C=O) groups excluding carboxylic acids is 1. The third kappa shape index (κ3) is 3.57. The molecule has 0 saturated carbocycles. The Morgan fingerprint density at radius 2 is 2.30 bits per heavy atom. The van der Waals surface area contributed by atoms with Crippen molar-refractivity contribution >= 4 is 5.91 Å². The summed E-state index contributed by atoms with van der Waals surface area (Å²) in [5, 5.41) is 2.98. The van der Waals surface area contributed by atoms with Gasteiger partial charge in [-0.25, -0.2) is 4.39 Å². The Morgan fingerprint density at radius 3 is 3.00 bits per heavy atom. The molecular weight excluding hydrogens is 255 g/mol. The van der Waals surface area contributed by atoms with Gasteiger partial charge in [0.05, 0.1) is 5.41 Å². The Bertz CT molecular complexity index is 477. The summed E-state index contributed by atoms with van der Waals surface area (Å²) in [6.07, 6.45) is 1.81. The van der Waals surface area contributed by atoms with E-state index >= 15 is 0 Å². The average molecular weight is 278 g/mol. The fourth-order valence-electron chi connectivity index (χ4n) is 2.72. The van der Waals surface area contributed by atoms with Crippen LogP contribution in [0.3, 0.4) is 0 Å². The second kappa shape index (κ2) is 6.35. The number of likely N-dealkylation sites (tertiary alicyclic amines) is 1. The van der Waals surface area contributed by atoms with E-state index in [1.165, 1.54) is 6.07 Å². The first-order chi connectivity index (χ1) is 9.53. The van der Waals surface area contributed by atoms with Crippen LogP contribution in [0.1, 0.15) is 32.3 Å². The zero-order valence-electron chi connectivity index (χ0n) is 12.3. The summed E-state index contributed by atoms with van der Waals surface area (Å²) < 4.78 is 13.2. The second-order valence-electron chi connectivity index (χ2n) is 5.91. The first kappa shape index (κ1) is 15.0. The van der Waals surface area contributed by atoms with Crippen LogP contribution in [0.2, 0.25) is 0 Å². The smallest absolute Gasteiger partial charge is 0.227 e. The molecule has 20 heavy (non-hydrogen) atoms. The van der Waals surface area contributed by atoms with Crippen molar-refractivity contribution < 1.29 is 9.18 Å². The highest BCUT2D eigenvalue weighted by molar-refractivity contribution is 5.82. The minimum absolute atomic E-state index is 0.140. The minimum Gasteiger partial charge on any atom is -0.356 e. The quantitative estimate of drug-likeness (QED) is 0.898. The topological polar surface area (TPSA) is 32.3 Å². The van der Waals surface area contributed by atoms with Crippen molar-refractivity contribution in [3.05, 3.63) is 35.6 Å². The summed E-state index contributed by atoms with van der Waals surface area (Å²) in [5.41, 5.74) is 0.644. The van der Waals surface area contributed by atoms with Gasteiger partial charge in [-0.1, -0.05) is 19.1 Å². The van der Waals surface area contributed by atoms with Crippen LogP contribution < -0.4 is 5.32 Å². The number of amides is 1. The van der Waals surface area contributed by atoms with Crippen LogP contribution >= 0.6 is 0 Å². The summed E-state index contributed by atoms with van der Waals surface area (Å²) in [6, 6.07) is 6.67. The molecule has 1 fully saturated rings. The molecule has 0 spiro atoms. The Morgan fingerprint density at radius 1 is 1.50 bits per heavy atom. The molecule has 1 aliphatic heterocycles. The van der Waals surface area contributed by atoms with E-state index < -0.39 is 0 Å². The Labute approximate surface area is 120 Å². The number of rotatable bonds is 5. The fraction of sp³-hybridized carbons (Fsp3) is 0.562. The molecule has 1 N–H and O–H groups in total. The van der Waals surface area contributed by atoms with Crippen LogP contribution in [-0.4, -0.2) is 30.4 Å². The van der Waals surface area contributed by atoms with Crippen molar-refractivity contribution in [1.29, 1.82) is 0 Å². The van der Waals surface area contributed by atoms with Crippen LogP contribution in [-0.2, 0) is 11.3 Å². The van der Waals surface area contributed by atoms with Gasteiger partial charge in [0, 0.05) is 19.6 Å². The summed E-state index contributed by atoms with van der Waals surface area (Å²) in [7, 11) is 0. The maximum Gasteiger partial charge on any atom is 0.227 e. The van der Waals surface area contributed by atoms with Gasteiger partial charge < -0.3 is 5.32 Å². The molecule has 0 bridgehead atoms. The van der Waals surface area contributed by atoms with Crippen LogP contribution in [0.25, 0.3) is 0 Å². The summed E-state index contributed by atoms with van der Waals surface area (Å²) in [5.74, 6) is -0.0637. The Kier molecular flexibility index (Phi) is 4.76. The molecule has 1 aliphatic rings. The van der Waals surface area contributed by atoms with E-state index in [1.54, 1.807) is 12.1 Å². The molecule has 0 aromatic heterocycles. The van der Waals surface area contributed by atoms with Crippen LogP contribution in [0.5, 0.6) is 0 Å². The standard InChI is InChI=1S/C16H23FN2O/c1-3-8-18-15(20)16(2)7-9-19(12-16)11-13-5-4-6-14(17)10-13/h4-6,10H,3,7-9,11-12H2,1-2H3,(H,18,20). The largest absolute Gasteiger partial charge is 0.356 e. The lowest BCUT2D eigenvalue weighted by atomic mass is 9.88. The molecule has 1 aromatic rings. The van der Waals surface area contributed by atoms with E-state index in [0.717, 1.165) is 38.0 Å². The predicted octanol–water partition coefficient (Wildman–Crippen LogP) is 2.56. The minimum atomic E-state index is -0.317. The molecule has 1 saturated heterocycles. The molecule has 110 valence electrons. The highest BCUT2D eigenvalue weighted by Crippen LogP contribution is 2.31. The zero-order chi connectivity index (χ0) is 14.6. The van der Waals surface area contributed by atoms with E-state index in [0.29, 0.717) is 6.54 Å². The van der Waals surface area contributed by atoms with Crippen molar-refractivity contribution in [2.24, 2.45) is 5.41 Å². The number of nitrogens with zero attached hydrogens (tertiary/aromatic N) is 1. The number of hydrogen-bond donors (Lipinski definition) is 1. The van der Waals surface area contributed by atoms with Gasteiger partial charge in [-0.2, -0.15) is 0 Å². The average Bonchev–Trinajstić information content (AvgIpc) is 2.79. The summed E-state index contributed by atoms with van der Waals surface area (Å²) in [4.78, 5) is 14.4. The third-order valence-corrected chi connectivity index (χ3v) is 3.93. The third-order valence-electron chi connectivity index (χ3n) is 3.93. The maximum atomic E-state index is 13.2. The Balaban J connectivity index is 1.93. The van der Waals surface area contributed by atoms with E-state index in [4.69, 9.17) is 0 Å². The number of nitrogens with one attached hydrogen (secondary N) is 1. The molecular formula is C16H23FN2O. The van der Waals surface area contributed by atoms with Gasteiger partial charge in [0.25, 0.3) is 0 Å². The van der Waals surface area contributed by atoms with Crippen molar-refractivity contribution in [3.63, 3.8) is 0 Å². The zero-order valence-corrected chi connectivity index (χ0v) is 12.3. The molecule has 1 unspecified atom stereocenters. The molecule has 1 heterocycles. The maximum absolute atomic E-state index is 13.2. The number of hydrogen-bond acceptors (Lipinski definition) is 2. The fourth-order valence-corrected chi connectivity index (χ4v) is 2.72. The first-order valence-corrected chi connectivity index (χ1v) is 7.28.